The Morgan fingerprint density at radius 3 is 2.50 bits per heavy atom. The topological polar surface area (TPSA) is 52.3 Å². The number of halogens is 1. The van der Waals surface area contributed by atoms with E-state index >= 15 is 0 Å². The third kappa shape index (κ3) is 3.86. The standard InChI is InChI=1S/C18H26FNO2/c1-11-10-15(19)8-9-16(11)17(14-6-4-5-7-14)13(3)22-18(21)12(2)20/h8-10,12-14,17H,4-7,20H2,1-3H3/t12-,13-,17+/m0/s1. The van der Waals surface area contributed by atoms with Crippen LogP contribution in [0.4, 0.5) is 4.39 Å². The molecule has 1 aliphatic carbocycles. The molecule has 3 atom stereocenters. The lowest BCUT2D eigenvalue weighted by Crippen LogP contribution is -2.35. The molecule has 0 aliphatic heterocycles. The van der Waals surface area contributed by atoms with Gasteiger partial charge in [-0.15, -0.1) is 0 Å². The fraction of sp³-hybridized carbons (Fsp3) is 0.611. The minimum absolute atomic E-state index is 0.103. The van der Waals surface area contributed by atoms with Crippen molar-refractivity contribution in [2.24, 2.45) is 11.7 Å². The first-order valence-electron chi connectivity index (χ1n) is 8.12. The highest BCUT2D eigenvalue weighted by Gasteiger charge is 2.34. The first-order chi connectivity index (χ1) is 10.4. The second kappa shape index (κ2) is 7.23. The number of carbonyl (C=O) groups is 1. The maximum absolute atomic E-state index is 13.4. The summed E-state index contributed by atoms with van der Waals surface area (Å²) < 4.78 is 19.0. The summed E-state index contributed by atoms with van der Waals surface area (Å²) in [7, 11) is 0. The summed E-state index contributed by atoms with van der Waals surface area (Å²) >= 11 is 0. The van der Waals surface area contributed by atoms with Crippen molar-refractivity contribution in [1.29, 1.82) is 0 Å². The highest BCUT2D eigenvalue weighted by Crippen LogP contribution is 2.41. The lowest BCUT2D eigenvalue weighted by atomic mass is 9.79. The molecule has 122 valence electrons. The van der Waals surface area contributed by atoms with Crippen LogP contribution in [0.5, 0.6) is 0 Å². The van der Waals surface area contributed by atoms with Crippen molar-refractivity contribution < 1.29 is 13.9 Å². The highest BCUT2D eigenvalue weighted by atomic mass is 19.1. The molecule has 1 aromatic carbocycles. The van der Waals surface area contributed by atoms with Crippen molar-refractivity contribution in [1.82, 2.24) is 0 Å². The largest absolute Gasteiger partial charge is 0.461 e. The Kier molecular flexibility index (Phi) is 5.57. The number of aryl methyl sites for hydroxylation is 1. The van der Waals surface area contributed by atoms with E-state index in [4.69, 9.17) is 10.5 Å². The molecule has 0 spiro atoms. The van der Waals surface area contributed by atoms with E-state index in [1.54, 1.807) is 13.0 Å². The van der Waals surface area contributed by atoms with Gasteiger partial charge in [0.2, 0.25) is 0 Å². The van der Waals surface area contributed by atoms with E-state index in [0.717, 1.165) is 24.0 Å². The van der Waals surface area contributed by atoms with Gasteiger partial charge in [0.15, 0.2) is 0 Å². The number of esters is 1. The zero-order chi connectivity index (χ0) is 16.3. The molecule has 0 heterocycles. The number of carbonyl (C=O) groups excluding carboxylic acids is 1. The van der Waals surface area contributed by atoms with E-state index in [1.165, 1.54) is 18.9 Å². The SMILES string of the molecule is Cc1cc(F)ccc1[C@@H](C1CCCC1)[C@H](C)OC(=O)[C@H](C)N. The summed E-state index contributed by atoms with van der Waals surface area (Å²) in [6.45, 7) is 5.47. The van der Waals surface area contributed by atoms with E-state index in [-0.39, 0.29) is 23.8 Å². The average molecular weight is 307 g/mol. The van der Waals surface area contributed by atoms with Crippen molar-refractivity contribution >= 4 is 5.97 Å². The predicted molar refractivity (Wildman–Crippen MR) is 85.0 cm³/mol. The van der Waals surface area contributed by atoms with Crippen LogP contribution in [0.2, 0.25) is 0 Å². The number of benzene rings is 1. The predicted octanol–water partition coefficient (Wildman–Crippen LogP) is 3.69. The van der Waals surface area contributed by atoms with Gasteiger partial charge in [-0.3, -0.25) is 4.79 Å². The van der Waals surface area contributed by atoms with Gasteiger partial charge < -0.3 is 10.5 Å². The number of hydrogen-bond donors (Lipinski definition) is 1. The molecule has 22 heavy (non-hydrogen) atoms. The normalized spacial score (nSPS) is 19.7. The van der Waals surface area contributed by atoms with Gasteiger partial charge in [0.25, 0.3) is 0 Å². The van der Waals surface area contributed by atoms with Crippen LogP contribution in [0.3, 0.4) is 0 Å². The van der Waals surface area contributed by atoms with Crippen LogP contribution >= 0.6 is 0 Å². The minimum Gasteiger partial charge on any atom is -0.461 e. The summed E-state index contributed by atoms with van der Waals surface area (Å²) in [6, 6.07) is 4.26. The molecule has 1 saturated carbocycles. The van der Waals surface area contributed by atoms with Gasteiger partial charge in [-0.25, -0.2) is 4.39 Å². The smallest absolute Gasteiger partial charge is 0.322 e. The summed E-state index contributed by atoms with van der Waals surface area (Å²) in [5, 5.41) is 0. The van der Waals surface area contributed by atoms with Gasteiger partial charge in [0, 0.05) is 5.92 Å². The summed E-state index contributed by atoms with van der Waals surface area (Å²) in [5.41, 5.74) is 7.60. The molecule has 0 bridgehead atoms. The molecule has 1 fully saturated rings. The monoisotopic (exact) mass is 307 g/mol. The van der Waals surface area contributed by atoms with Crippen molar-refractivity contribution in [2.45, 2.75) is 64.5 Å². The highest BCUT2D eigenvalue weighted by molar-refractivity contribution is 5.75. The van der Waals surface area contributed by atoms with Crippen LogP contribution in [0.15, 0.2) is 18.2 Å². The number of ether oxygens (including phenoxy) is 1. The Morgan fingerprint density at radius 1 is 1.32 bits per heavy atom. The molecule has 3 nitrogen and oxygen atoms in total. The molecular formula is C18H26FNO2. The second-order valence-corrected chi connectivity index (χ2v) is 6.50. The third-order valence-electron chi connectivity index (χ3n) is 4.68. The van der Waals surface area contributed by atoms with Crippen molar-refractivity contribution in [3.8, 4) is 0 Å². The molecule has 2 N–H and O–H groups in total. The molecule has 4 heteroatoms. The van der Waals surface area contributed by atoms with Gasteiger partial charge in [-0.2, -0.15) is 0 Å². The molecule has 0 radical (unpaired) electrons. The molecule has 1 aliphatic rings. The fourth-order valence-corrected chi connectivity index (χ4v) is 3.58. The average Bonchev–Trinajstić information content (AvgIpc) is 2.95. The summed E-state index contributed by atoms with van der Waals surface area (Å²) in [6.07, 6.45) is 4.40. The van der Waals surface area contributed by atoms with Crippen LogP contribution in [0.25, 0.3) is 0 Å². The van der Waals surface area contributed by atoms with Crippen molar-refractivity contribution in [2.75, 3.05) is 0 Å². The number of hydrogen-bond acceptors (Lipinski definition) is 3. The molecule has 1 aromatic rings. The van der Waals surface area contributed by atoms with E-state index < -0.39 is 6.04 Å². The van der Waals surface area contributed by atoms with Crippen molar-refractivity contribution in [3.63, 3.8) is 0 Å². The summed E-state index contributed by atoms with van der Waals surface area (Å²) in [4.78, 5) is 11.8. The number of rotatable bonds is 5. The molecular weight excluding hydrogens is 281 g/mol. The van der Waals surface area contributed by atoms with Gasteiger partial charge >= 0.3 is 5.97 Å². The number of nitrogens with two attached hydrogens (primary N) is 1. The van der Waals surface area contributed by atoms with Crippen molar-refractivity contribution in [3.05, 3.63) is 35.1 Å². The zero-order valence-corrected chi connectivity index (χ0v) is 13.6. The van der Waals surface area contributed by atoms with Gasteiger partial charge in [0.1, 0.15) is 18.0 Å². The maximum atomic E-state index is 13.4. The van der Waals surface area contributed by atoms with Gasteiger partial charge in [0.05, 0.1) is 0 Å². The van der Waals surface area contributed by atoms with Crippen LogP contribution in [0, 0.1) is 18.7 Å². The lowest BCUT2D eigenvalue weighted by Gasteiger charge is -2.31. The quantitative estimate of drug-likeness (QED) is 0.844. The van der Waals surface area contributed by atoms with E-state index in [1.807, 2.05) is 19.9 Å². The van der Waals surface area contributed by atoms with E-state index in [2.05, 4.69) is 0 Å². The van der Waals surface area contributed by atoms with Crippen LogP contribution in [-0.2, 0) is 9.53 Å². The first-order valence-corrected chi connectivity index (χ1v) is 8.12. The van der Waals surface area contributed by atoms with Crippen LogP contribution < -0.4 is 5.73 Å². The molecule has 0 saturated heterocycles. The van der Waals surface area contributed by atoms with Gasteiger partial charge in [-0.1, -0.05) is 18.9 Å². The maximum Gasteiger partial charge on any atom is 0.322 e. The summed E-state index contributed by atoms with van der Waals surface area (Å²) in [5.74, 6) is -0.0345. The van der Waals surface area contributed by atoms with Gasteiger partial charge in [-0.05, 0) is 62.8 Å². The Hall–Kier alpha value is -1.42. The molecule has 0 unspecified atom stereocenters. The zero-order valence-electron chi connectivity index (χ0n) is 13.6. The van der Waals surface area contributed by atoms with E-state index in [0.29, 0.717) is 5.92 Å². The second-order valence-electron chi connectivity index (χ2n) is 6.50. The Bertz CT molecular complexity index is 524. The Labute approximate surface area is 132 Å². The fourth-order valence-electron chi connectivity index (χ4n) is 3.58. The lowest BCUT2D eigenvalue weighted by molar-refractivity contribution is -0.151. The minimum atomic E-state index is -0.624. The van der Waals surface area contributed by atoms with E-state index in [9.17, 15) is 9.18 Å². The first kappa shape index (κ1) is 16.9. The Morgan fingerprint density at radius 2 is 1.95 bits per heavy atom. The van der Waals surface area contributed by atoms with Crippen LogP contribution in [-0.4, -0.2) is 18.1 Å². The molecule has 0 amide bonds. The Balaban J connectivity index is 2.27. The molecule has 0 aromatic heterocycles. The van der Waals surface area contributed by atoms with Crippen LogP contribution in [0.1, 0.15) is 56.6 Å². The third-order valence-corrected chi connectivity index (χ3v) is 4.68. The molecule has 2 rings (SSSR count).